The Bertz CT molecular complexity index is 331. The molecule has 1 rings (SSSR count). The van der Waals surface area contributed by atoms with Gasteiger partial charge in [0.25, 0.3) is 0 Å². The van der Waals surface area contributed by atoms with Gasteiger partial charge in [-0.05, 0) is 30.0 Å². The first-order valence-corrected chi connectivity index (χ1v) is 5.62. The molecule has 0 aliphatic carbocycles. The molecular weight excluding hydrogens is 238 g/mol. The Labute approximate surface area is 109 Å². The van der Waals surface area contributed by atoms with Gasteiger partial charge in [0, 0.05) is 0 Å². The summed E-state index contributed by atoms with van der Waals surface area (Å²) in [6.45, 7) is 4.14. The van der Waals surface area contributed by atoms with Crippen LogP contribution in [0.4, 0.5) is 0 Å². The summed E-state index contributed by atoms with van der Waals surface area (Å²) in [5.41, 5.74) is 6.91. The third-order valence-corrected chi connectivity index (χ3v) is 2.61. The molecule has 0 aromatic heterocycles. The lowest BCUT2D eigenvalue weighted by molar-refractivity contribution is 0.121. The van der Waals surface area contributed by atoms with E-state index in [1.165, 1.54) is 0 Å². The Hall–Kier alpha value is -0.770. The highest BCUT2D eigenvalue weighted by Gasteiger charge is 2.18. The number of hydrogen-bond donors (Lipinski definition) is 2. The largest absolute Gasteiger partial charge is 0.497 e. The molecule has 0 unspecified atom stereocenters. The zero-order valence-corrected chi connectivity index (χ0v) is 11.4. The Balaban J connectivity index is 0.00000256. The van der Waals surface area contributed by atoms with Crippen molar-refractivity contribution in [1.29, 1.82) is 0 Å². The third-order valence-electron chi connectivity index (χ3n) is 2.61. The average molecular weight is 260 g/mol. The van der Waals surface area contributed by atoms with Crippen LogP contribution < -0.4 is 10.5 Å². The van der Waals surface area contributed by atoms with E-state index in [-0.39, 0.29) is 18.4 Å². The quantitative estimate of drug-likeness (QED) is 0.854. The number of aliphatic hydroxyl groups is 1. The molecule has 0 saturated carbocycles. The van der Waals surface area contributed by atoms with E-state index in [1.807, 2.05) is 24.3 Å². The number of aliphatic hydroxyl groups excluding tert-OH is 1. The molecule has 0 spiro atoms. The SMILES string of the molecule is COc1cccc([C@H](N)[C@H](O)CC(C)C)c1.Cl. The van der Waals surface area contributed by atoms with Crippen LogP contribution in [0.3, 0.4) is 0 Å². The maximum Gasteiger partial charge on any atom is 0.119 e. The predicted molar refractivity (Wildman–Crippen MR) is 72.6 cm³/mol. The smallest absolute Gasteiger partial charge is 0.119 e. The summed E-state index contributed by atoms with van der Waals surface area (Å²) in [5, 5.41) is 9.94. The highest BCUT2D eigenvalue weighted by Crippen LogP contribution is 2.22. The van der Waals surface area contributed by atoms with E-state index in [0.29, 0.717) is 12.3 Å². The molecule has 0 saturated heterocycles. The van der Waals surface area contributed by atoms with Crippen LogP contribution in [0.15, 0.2) is 24.3 Å². The number of methoxy groups -OCH3 is 1. The van der Waals surface area contributed by atoms with Crippen molar-refractivity contribution < 1.29 is 9.84 Å². The van der Waals surface area contributed by atoms with Gasteiger partial charge >= 0.3 is 0 Å². The van der Waals surface area contributed by atoms with Crippen molar-refractivity contribution in [2.45, 2.75) is 32.4 Å². The van der Waals surface area contributed by atoms with Crippen molar-refractivity contribution in [2.75, 3.05) is 7.11 Å². The highest BCUT2D eigenvalue weighted by atomic mass is 35.5. The molecule has 0 amide bonds. The second-order valence-electron chi connectivity index (χ2n) is 4.50. The Morgan fingerprint density at radius 1 is 1.35 bits per heavy atom. The zero-order chi connectivity index (χ0) is 12.1. The van der Waals surface area contributed by atoms with Gasteiger partial charge in [-0.2, -0.15) is 0 Å². The maximum atomic E-state index is 9.94. The second kappa shape index (κ2) is 7.54. The van der Waals surface area contributed by atoms with E-state index in [1.54, 1.807) is 7.11 Å². The Morgan fingerprint density at radius 2 is 2.00 bits per heavy atom. The zero-order valence-electron chi connectivity index (χ0n) is 10.6. The first kappa shape index (κ1) is 16.2. The number of ether oxygens (including phenoxy) is 1. The van der Waals surface area contributed by atoms with Crippen LogP contribution in [0, 0.1) is 5.92 Å². The Morgan fingerprint density at radius 3 is 2.53 bits per heavy atom. The monoisotopic (exact) mass is 259 g/mol. The van der Waals surface area contributed by atoms with Gasteiger partial charge in [0.1, 0.15) is 5.75 Å². The molecule has 0 aliphatic rings. The van der Waals surface area contributed by atoms with E-state index >= 15 is 0 Å². The minimum absolute atomic E-state index is 0. The topological polar surface area (TPSA) is 55.5 Å². The summed E-state index contributed by atoms with van der Waals surface area (Å²) in [4.78, 5) is 0. The first-order valence-electron chi connectivity index (χ1n) is 5.62. The first-order chi connectivity index (χ1) is 7.54. The number of hydrogen-bond acceptors (Lipinski definition) is 3. The van der Waals surface area contributed by atoms with Crippen molar-refractivity contribution in [1.82, 2.24) is 0 Å². The number of halogens is 1. The fourth-order valence-corrected chi connectivity index (χ4v) is 1.70. The molecule has 1 aromatic carbocycles. The van der Waals surface area contributed by atoms with Crippen LogP contribution in [-0.2, 0) is 0 Å². The van der Waals surface area contributed by atoms with Crippen LogP contribution in [0.2, 0.25) is 0 Å². The van der Waals surface area contributed by atoms with E-state index in [0.717, 1.165) is 11.3 Å². The van der Waals surface area contributed by atoms with Crippen molar-refractivity contribution in [2.24, 2.45) is 11.7 Å². The van der Waals surface area contributed by atoms with Gasteiger partial charge in [-0.3, -0.25) is 0 Å². The molecule has 3 nitrogen and oxygen atoms in total. The second-order valence-corrected chi connectivity index (χ2v) is 4.50. The van der Waals surface area contributed by atoms with Gasteiger partial charge in [-0.15, -0.1) is 12.4 Å². The summed E-state index contributed by atoms with van der Waals surface area (Å²) in [7, 11) is 1.62. The van der Waals surface area contributed by atoms with Gasteiger partial charge in [0.15, 0.2) is 0 Å². The number of rotatable bonds is 5. The molecule has 0 fully saturated rings. The van der Waals surface area contributed by atoms with Crippen LogP contribution in [-0.4, -0.2) is 18.3 Å². The third kappa shape index (κ3) is 4.94. The summed E-state index contributed by atoms with van der Waals surface area (Å²) in [6, 6.07) is 7.18. The maximum absolute atomic E-state index is 9.94. The molecule has 1 aromatic rings. The summed E-state index contributed by atoms with van der Waals surface area (Å²) in [6.07, 6.45) is 0.199. The molecule has 98 valence electrons. The standard InChI is InChI=1S/C13H21NO2.ClH/c1-9(2)7-12(15)13(14)10-5-4-6-11(8-10)16-3;/h4-6,8-9,12-13,15H,7,14H2,1-3H3;1H/t12-,13+;/m1./s1. The van der Waals surface area contributed by atoms with Gasteiger partial charge in [0.2, 0.25) is 0 Å². The molecule has 3 N–H and O–H groups in total. The van der Waals surface area contributed by atoms with E-state index in [2.05, 4.69) is 13.8 Å². The molecule has 4 heteroatoms. The van der Waals surface area contributed by atoms with Crippen molar-refractivity contribution in [3.63, 3.8) is 0 Å². The lowest BCUT2D eigenvalue weighted by Gasteiger charge is -2.21. The van der Waals surface area contributed by atoms with E-state index in [9.17, 15) is 5.11 Å². The van der Waals surface area contributed by atoms with Crippen LogP contribution in [0.1, 0.15) is 31.9 Å². The van der Waals surface area contributed by atoms with Gasteiger partial charge in [0.05, 0.1) is 19.3 Å². The van der Waals surface area contributed by atoms with E-state index in [4.69, 9.17) is 10.5 Å². The van der Waals surface area contributed by atoms with Crippen molar-refractivity contribution >= 4 is 12.4 Å². The molecular formula is C13H22ClNO2. The van der Waals surface area contributed by atoms with Crippen LogP contribution >= 0.6 is 12.4 Å². The average Bonchev–Trinajstić information content (AvgIpc) is 2.27. The molecule has 0 heterocycles. The minimum atomic E-state index is -0.507. The number of benzene rings is 1. The fraction of sp³-hybridized carbons (Fsp3) is 0.538. The lowest BCUT2D eigenvalue weighted by atomic mass is 9.95. The van der Waals surface area contributed by atoms with Crippen LogP contribution in [0.5, 0.6) is 5.75 Å². The van der Waals surface area contributed by atoms with Crippen molar-refractivity contribution in [3.8, 4) is 5.75 Å². The summed E-state index contributed by atoms with van der Waals surface area (Å²) < 4.78 is 5.13. The fourth-order valence-electron chi connectivity index (χ4n) is 1.70. The normalized spacial score (nSPS) is 14.0. The number of nitrogens with two attached hydrogens (primary N) is 1. The molecule has 2 atom stereocenters. The minimum Gasteiger partial charge on any atom is -0.497 e. The molecule has 0 bridgehead atoms. The molecule has 0 radical (unpaired) electrons. The molecule has 17 heavy (non-hydrogen) atoms. The lowest BCUT2D eigenvalue weighted by Crippen LogP contribution is -2.27. The predicted octanol–water partition coefficient (Wildman–Crippen LogP) is 2.52. The van der Waals surface area contributed by atoms with Crippen molar-refractivity contribution in [3.05, 3.63) is 29.8 Å². The summed E-state index contributed by atoms with van der Waals surface area (Å²) >= 11 is 0. The van der Waals surface area contributed by atoms with Gasteiger partial charge < -0.3 is 15.6 Å². The van der Waals surface area contributed by atoms with Gasteiger partial charge in [-0.1, -0.05) is 26.0 Å². The molecule has 0 aliphatic heterocycles. The van der Waals surface area contributed by atoms with E-state index < -0.39 is 6.10 Å². The Kier molecular flexibility index (Phi) is 7.19. The highest BCUT2D eigenvalue weighted by molar-refractivity contribution is 5.85. The summed E-state index contributed by atoms with van der Waals surface area (Å²) in [5.74, 6) is 1.20. The van der Waals surface area contributed by atoms with Crippen LogP contribution in [0.25, 0.3) is 0 Å². The van der Waals surface area contributed by atoms with Gasteiger partial charge in [-0.25, -0.2) is 0 Å².